The van der Waals surface area contributed by atoms with Crippen LogP contribution in [0.4, 0.5) is 0 Å². The van der Waals surface area contributed by atoms with Gasteiger partial charge < -0.3 is 15.2 Å². The highest BCUT2D eigenvalue weighted by Gasteiger charge is 2.14. The Morgan fingerprint density at radius 3 is 2.50 bits per heavy atom. The zero-order chi connectivity index (χ0) is 8.04. The van der Waals surface area contributed by atoms with Gasteiger partial charge in [0.05, 0.1) is 13.2 Å². The van der Waals surface area contributed by atoms with Gasteiger partial charge >= 0.3 is 0 Å². The molecule has 62 valence electrons. The van der Waals surface area contributed by atoms with Crippen LogP contribution < -0.4 is 5.32 Å². The summed E-state index contributed by atoms with van der Waals surface area (Å²) in [4.78, 5) is 0. The molecule has 0 saturated carbocycles. The first-order valence-corrected chi connectivity index (χ1v) is 3.47. The second-order valence-electron chi connectivity index (χ2n) is 2.97. The average Bonchev–Trinajstić information content (AvgIpc) is 1.84. The number of β-amino-alcohol motifs (C(OH)–C–C–N with tert-alkyl or cyclic N) is 1. The van der Waals surface area contributed by atoms with E-state index in [1.54, 1.807) is 7.11 Å². The molecule has 0 aliphatic carbocycles. The van der Waals surface area contributed by atoms with Crippen molar-refractivity contribution in [1.82, 2.24) is 5.32 Å². The number of hydrogen-bond donors (Lipinski definition) is 2. The van der Waals surface area contributed by atoms with Crippen molar-refractivity contribution in [3.05, 3.63) is 0 Å². The van der Waals surface area contributed by atoms with Crippen molar-refractivity contribution >= 4 is 0 Å². The monoisotopic (exact) mass is 147 g/mol. The van der Waals surface area contributed by atoms with Crippen molar-refractivity contribution < 1.29 is 9.84 Å². The number of aliphatic hydroxyl groups is 1. The van der Waals surface area contributed by atoms with Gasteiger partial charge in [-0.3, -0.25) is 0 Å². The third-order valence-electron chi connectivity index (χ3n) is 1.22. The van der Waals surface area contributed by atoms with E-state index in [1.807, 2.05) is 13.8 Å². The Hall–Kier alpha value is -0.120. The van der Waals surface area contributed by atoms with E-state index in [4.69, 9.17) is 9.84 Å². The third-order valence-corrected chi connectivity index (χ3v) is 1.22. The maximum absolute atomic E-state index is 8.49. The van der Waals surface area contributed by atoms with Gasteiger partial charge in [-0.25, -0.2) is 0 Å². The van der Waals surface area contributed by atoms with Crippen molar-refractivity contribution in [3.63, 3.8) is 0 Å². The summed E-state index contributed by atoms with van der Waals surface area (Å²) in [5.41, 5.74) is -0.0303. The summed E-state index contributed by atoms with van der Waals surface area (Å²) >= 11 is 0. The highest BCUT2D eigenvalue weighted by Crippen LogP contribution is 2.00. The van der Waals surface area contributed by atoms with Crippen molar-refractivity contribution in [1.29, 1.82) is 0 Å². The largest absolute Gasteiger partial charge is 0.395 e. The molecule has 2 N–H and O–H groups in total. The predicted molar refractivity (Wildman–Crippen MR) is 41.0 cm³/mol. The minimum Gasteiger partial charge on any atom is -0.395 e. The molecule has 0 radical (unpaired) electrons. The number of rotatable bonds is 5. The molecule has 0 spiro atoms. The molecule has 0 aliphatic heterocycles. The van der Waals surface area contributed by atoms with Gasteiger partial charge in [0, 0.05) is 19.2 Å². The topological polar surface area (TPSA) is 41.5 Å². The lowest BCUT2D eigenvalue weighted by molar-refractivity contribution is 0.124. The van der Waals surface area contributed by atoms with E-state index in [0.717, 1.165) is 0 Å². The second kappa shape index (κ2) is 4.66. The summed E-state index contributed by atoms with van der Waals surface area (Å²) in [6, 6.07) is 0. The van der Waals surface area contributed by atoms with E-state index in [0.29, 0.717) is 13.2 Å². The van der Waals surface area contributed by atoms with Crippen LogP contribution in [0.3, 0.4) is 0 Å². The van der Waals surface area contributed by atoms with Gasteiger partial charge in [-0.1, -0.05) is 0 Å². The Balaban J connectivity index is 3.42. The molecule has 10 heavy (non-hydrogen) atoms. The smallest absolute Gasteiger partial charge is 0.0639 e. The molecular formula is C7H17NO2. The van der Waals surface area contributed by atoms with Crippen LogP contribution in [0, 0.1) is 0 Å². The lowest BCUT2D eigenvalue weighted by atomic mass is 10.1. The summed E-state index contributed by atoms with van der Waals surface area (Å²) in [5, 5.41) is 11.6. The molecule has 0 unspecified atom stereocenters. The fourth-order valence-corrected chi connectivity index (χ4v) is 0.806. The molecule has 0 heterocycles. The number of ether oxygens (including phenoxy) is 1. The molecule has 0 atom stereocenters. The molecule has 0 fully saturated rings. The second-order valence-corrected chi connectivity index (χ2v) is 2.97. The summed E-state index contributed by atoms with van der Waals surface area (Å²) in [5.74, 6) is 0. The molecule has 3 nitrogen and oxygen atoms in total. The third kappa shape index (κ3) is 4.73. The molecule has 0 rings (SSSR count). The number of aliphatic hydroxyl groups excluding tert-OH is 1. The van der Waals surface area contributed by atoms with E-state index in [2.05, 4.69) is 5.32 Å². The maximum atomic E-state index is 8.49. The van der Waals surface area contributed by atoms with Crippen LogP contribution in [0.1, 0.15) is 13.8 Å². The number of hydrogen-bond acceptors (Lipinski definition) is 3. The van der Waals surface area contributed by atoms with Crippen LogP contribution in [0.2, 0.25) is 0 Å². The first-order valence-electron chi connectivity index (χ1n) is 3.47. The Bertz CT molecular complexity index is 83.7. The first-order chi connectivity index (χ1) is 4.62. The zero-order valence-corrected chi connectivity index (χ0v) is 6.98. The van der Waals surface area contributed by atoms with Gasteiger partial charge in [0.2, 0.25) is 0 Å². The van der Waals surface area contributed by atoms with E-state index in [1.165, 1.54) is 0 Å². The van der Waals surface area contributed by atoms with Crippen LogP contribution in [-0.4, -0.2) is 37.5 Å². The summed E-state index contributed by atoms with van der Waals surface area (Å²) < 4.78 is 4.96. The maximum Gasteiger partial charge on any atom is 0.0639 e. The van der Waals surface area contributed by atoms with Gasteiger partial charge in [0.15, 0.2) is 0 Å². The van der Waals surface area contributed by atoms with Crippen molar-refractivity contribution in [2.45, 2.75) is 19.4 Å². The fraction of sp³-hybridized carbons (Fsp3) is 1.00. The Labute approximate surface area is 62.4 Å². The van der Waals surface area contributed by atoms with Gasteiger partial charge in [-0.2, -0.15) is 0 Å². The molecule has 0 aliphatic rings. The highest BCUT2D eigenvalue weighted by atomic mass is 16.5. The van der Waals surface area contributed by atoms with Gasteiger partial charge in [0.1, 0.15) is 0 Å². The Kier molecular flexibility index (Phi) is 4.60. The van der Waals surface area contributed by atoms with E-state index in [9.17, 15) is 0 Å². The summed E-state index contributed by atoms with van der Waals surface area (Å²) in [6.45, 7) is 5.52. The Morgan fingerprint density at radius 1 is 1.50 bits per heavy atom. The van der Waals surface area contributed by atoms with E-state index >= 15 is 0 Å². The molecular weight excluding hydrogens is 130 g/mol. The van der Waals surface area contributed by atoms with Gasteiger partial charge in [-0.05, 0) is 13.8 Å². The molecule has 0 amide bonds. The molecule has 0 aromatic carbocycles. The van der Waals surface area contributed by atoms with Crippen LogP contribution in [0.5, 0.6) is 0 Å². The van der Waals surface area contributed by atoms with Crippen LogP contribution in [0.15, 0.2) is 0 Å². The molecule has 0 bridgehead atoms. The lowest BCUT2D eigenvalue weighted by Crippen LogP contribution is -2.44. The molecule has 0 aromatic heterocycles. The van der Waals surface area contributed by atoms with Gasteiger partial charge in [-0.15, -0.1) is 0 Å². The first kappa shape index (κ1) is 9.88. The summed E-state index contributed by atoms with van der Waals surface area (Å²) in [6.07, 6.45) is 0. The van der Waals surface area contributed by atoms with Crippen molar-refractivity contribution in [2.75, 3.05) is 26.9 Å². The highest BCUT2D eigenvalue weighted by molar-refractivity contribution is 4.75. The number of nitrogens with one attached hydrogen (secondary N) is 1. The predicted octanol–water partition coefficient (Wildman–Crippen LogP) is -0.00670. The lowest BCUT2D eigenvalue weighted by Gasteiger charge is -2.24. The minimum atomic E-state index is -0.0303. The minimum absolute atomic E-state index is 0.0303. The van der Waals surface area contributed by atoms with Crippen molar-refractivity contribution in [2.24, 2.45) is 0 Å². The fourth-order valence-electron chi connectivity index (χ4n) is 0.806. The Morgan fingerprint density at radius 2 is 2.10 bits per heavy atom. The zero-order valence-electron chi connectivity index (χ0n) is 6.98. The standard InChI is InChI=1S/C7H17NO2/c1-7(2,6-10-3)8-4-5-9/h8-9H,4-6H2,1-3H3. The molecule has 3 heteroatoms. The van der Waals surface area contributed by atoms with Gasteiger partial charge in [0.25, 0.3) is 0 Å². The van der Waals surface area contributed by atoms with E-state index in [-0.39, 0.29) is 12.1 Å². The van der Waals surface area contributed by atoms with Crippen LogP contribution >= 0.6 is 0 Å². The van der Waals surface area contributed by atoms with Crippen LogP contribution in [-0.2, 0) is 4.74 Å². The van der Waals surface area contributed by atoms with Crippen LogP contribution in [0.25, 0.3) is 0 Å². The molecule has 0 aromatic rings. The average molecular weight is 147 g/mol. The SMILES string of the molecule is COCC(C)(C)NCCO. The molecule has 0 saturated heterocycles. The quantitative estimate of drug-likeness (QED) is 0.575. The number of methoxy groups -OCH3 is 1. The van der Waals surface area contributed by atoms with Crippen molar-refractivity contribution in [3.8, 4) is 0 Å². The normalized spacial score (nSPS) is 12.0. The van der Waals surface area contributed by atoms with E-state index < -0.39 is 0 Å². The summed E-state index contributed by atoms with van der Waals surface area (Å²) in [7, 11) is 1.67.